The van der Waals surface area contributed by atoms with Gasteiger partial charge in [-0.1, -0.05) is 12.1 Å². The van der Waals surface area contributed by atoms with Gasteiger partial charge in [-0.05, 0) is 12.1 Å². The minimum atomic E-state index is 0.587. The van der Waals surface area contributed by atoms with E-state index in [-0.39, 0.29) is 0 Å². The van der Waals surface area contributed by atoms with Crippen LogP contribution in [0.1, 0.15) is 0 Å². The zero-order chi connectivity index (χ0) is 10.3. The van der Waals surface area contributed by atoms with E-state index in [1.807, 2.05) is 23.6 Å². The Morgan fingerprint density at radius 3 is 2.73 bits per heavy atom. The molecule has 0 aliphatic carbocycles. The fraction of sp³-hybridized carbons (Fsp3) is 0. The average molecular weight is 233 g/mol. The van der Waals surface area contributed by atoms with Gasteiger partial charge in [-0.2, -0.15) is 0 Å². The number of nitrogen functional groups attached to an aromatic ring is 1. The number of hydrogen-bond donors (Lipinski definition) is 1. The van der Waals surface area contributed by atoms with Crippen LogP contribution in [-0.2, 0) is 0 Å². The summed E-state index contributed by atoms with van der Waals surface area (Å²) in [6.07, 6.45) is 0. The first-order valence-electron chi connectivity index (χ1n) is 4.40. The fourth-order valence-corrected chi connectivity index (χ4v) is 2.92. The number of para-hydroxylation sites is 1. The van der Waals surface area contributed by atoms with Crippen LogP contribution >= 0.6 is 22.7 Å². The van der Waals surface area contributed by atoms with E-state index in [1.54, 1.807) is 11.3 Å². The van der Waals surface area contributed by atoms with Gasteiger partial charge in [0.2, 0.25) is 0 Å². The molecule has 0 spiro atoms. The average Bonchev–Trinajstić information content (AvgIpc) is 2.82. The molecule has 2 aromatic heterocycles. The van der Waals surface area contributed by atoms with E-state index in [1.165, 1.54) is 16.0 Å². The van der Waals surface area contributed by atoms with Crippen molar-refractivity contribution in [3.8, 4) is 10.7 Å². The number of fused-ring (bicyclic) bond motifs is 1. The van der Waals surface area contributed by atoms with Crippen LogP contribution in [0, 0.1) is 0 Å². The van der Waals surface area contributed by atoms with Gasteiger partial charge in [0.1, 0.15) is 10.7 Å². The predicted molar refractivity (Wildman–Crippen MR) is 65.1 cm³/mol. The number of nitrogens with zero attached hydrogens (tertiary/aromatic N) is 2. The highest BCUT2D eigenvalue weighted by Gasteiger charge is 2.08. The first-order chi connectivity index (χ1) is 7.33. The molecular formula is C10H7N3S2. The quantitative estimate of drug-likeness (QED) is 0.703. The van der Waals surface area contributed by atoms with Crippen molar-refractivity contribution in [3.63, 3.8) is 0 Å². The zero-order valence-electron chi connectivity index (χ0n) is 7.68. The molecule has 3 nitrogen and oxygen atoms in total. The molecule has 0 atom stereocenters. The molecule has 0 aliphatic rings. The molecule has 0 saturated carbocycles. The number of hydrogen-bond acceptors (Lipinski definition) is 5. The van der Waals surface area contributed by atoms with Gasteiger partial charge in [0.25, 0.3) is 0 Å². The Morgan fingerprint density at radius 1 is 1.13 bits per heavy atom. The number of anilines is 1. The maximum absolute atomic E-state index is 5.59. The molecule has 0 unspecified atom stereocenters. The fourth-order valence-electron chi connectivity index (χ4n) is 1.37. The molecule has 0 fully saturated rings. The van der Waals surface area contributed by atoms with Crippen LogP contribution in [0.15, 0.2) is 29.6 Å². The van der Waals surface area contributed by atoms with Gasteiger partial charge in [0, 0.05) is 5.38 Å². The first kappa shape index (κ1) is 8.82. The molecule has 2 N–H and O–H groups in total. The number of aromatic nitrogens is 2. The maximum atomic E-state index is 5.59. The van der Waals surface area contributed by atoms with Crippen molar-refractivity contribution in [1.82, 2.24) is 9.97 Å². The highest BCUT2D eigenvalue weighted by atomic mass is 32.1. The van der Waals surface area contributed by atoms with E-state index in [2.05, 4.69) is 16.0 Å². The van der Waals surface area contributed by atoms with Gasteiger partial charge < -0.3 is 5.73 Å². The van der Waals surface area contributed by atoms with Crippen molar-refractivity contribution in [2.24, 2.45) is 0 Å². The van der Waals surface area contributed by atoms with E-state index < -0.39 is 0 Å². The van der Waals surface area contributed by atoms with Gasteiger partial charge in [0.15, 0.2) is 5.13 Å². The van der Waals surface area contributed by atoms with Crippen LogP contribution in [0.2, 0.25) is 0 Å². The second-order valence-electron chi connectivity index (χ2n) is 3.06. The van der Waals surface area contributed by atoms with E-state index in [0.717, 1.165) is 16.2 Å². The van der Waals surface area contributed by atoms with Crippen LogP contribution in [-0.4, -0.2) is 9.97 Å². The Hall–Kier alpha value is -1.46. The molecular weight excluding hydrogens is 226 g/mol. The van der Waals surface area contributed by atoms with Crippen LogP contribution in [0.25, 0.3) is 20.9 Å². The lowest BCUT2D eigenvalue weighted by atomic mass is 10.3. The minimum absolute atomic E-state index is 0.587. The van der Waals surface area contributed by atoms with Gasteiger partial charge in [-0.25, -0.2) is 9.97 Å². The normalized spacial score (nSPS) is 10.9. The summed E-state index contributed by atoms with van der Waals surface area (Å²) in [4.78, 5) is 8.72. The Balaban J connectivity index is 2.19. The monoisotopic (exact) mass is 233 g/mol. The van der Waals surface area contributed by atoms with Gasteiger partial charge in [0.05, 0.1) is 10.2 Å². The molecule has 5 heteroatoms. The van der Waals surface area contributed by atoms with Crippen molar-refractivity contribution in [2.45, 2.75) is 0 Å². The summed E-state index contributed by atoms with van der Waals surface area (Å²) in [6, 6.07) is 8.07. The lowest BCUT2D eigenvalue weighted by Gasteiger charge is -1.84. The third kappa shape index (κ3) is 1.49. The highest BCUT2D eigenvalue weighted by Crippen LogP contribution is 2.30. The number of thiazole rings is 2. The van der Waals surface area contributed by atoms with Crippen molar-refractivity contribution >= 4 is 38.0 Å². The summed E-state index contributed by atoms with van der Waals surface area (Å²) in [5.41, 5.74) is 7.49. The van der Waals surface area contributed by atoms with Crippen LogP contribution < -0.4 is 5.73 Å². The van der Waals surface area contributed by atoms with Crippen LogP contribution in [0.4, 0.5) is 5.13 Å². The third-order valence-electron chi connectivity index (χ3n) is 2.03. The van der Waals surface area contributed by atoms with Gasteiger partial charge >= 0.3 is 0 Å². The summed E-state index contributed by atoms with van der Waals surface area (Å²) < 4.78 is 1.18. The molecule has 1 aromatic carbocycles. The highest BCUT2D eigenvalue weighted by molar-refractivity contribution is 7.22. The lowest BCUT2D eigenvalue weighted by molar-refractivity contribution is 1.37. The molecule has 3 rings (SSSR count). The van der Waals surface area contributed by atoms with E-state index in [9.17, 15) is 0 Å². The van der Waals surface area contributed by atoms with Crippen molar-refractivity contribution in [1.29, 1.82) is 0 Å². The molecule has 15 heavy (non-hydrogen) atoms. The predicted octanol–water partition coefficient (Wildman–Crippen LogP) is 3.00. The molecule has 0 aliphatic heterocycles. The maximum Gasteiger partial charge on any atom is 0.180 e. The van der Waals surface area contributed by atoms with Crippen LogP contribution in [0.3, 0.4) is 0 Å². The molecule has 0 bridgehead atoms. The zero-order valence-corrected chi connectivity index (χ0v) is 9.31. The summed E-state index contributed by atoms with van der Waals surface area (Å²) in [5.74, 6) is 0. The van der Waals surface area contributed by atoms with E-state index >= 15 is 0 Å². The summed E-state index contributed by atoms with van der Waals surface area (Å²) >= 11 is 3.08. The van der Waals surface area contributed by atoms with Crippen molar-refractivity contribution < 1.29 is 0 Å². The summed E-state index contributed by atoms with van der Waals surface area (Å²) in [5, 5.41) is 3.46. The molecule has 0 amide bonds. The number of nitrogens with two attached hydrogens (primary N) is 1. The smallest absolute Gasteiger partial charge is 0.180 e. The SMILES string of the molecule is Nc1nc(-c2nc3ccccc3s2)cs1. The second-order valence-corrected chi connectivity index (χ2v) is 4.98. The van der Waals surface area contributed by atoms with E-state index in [0.29, 0.717) is 5.13 Å². The summed E-state index contributed by atoms with van der Waals surface area (Å²) in [6.45, 7) is 0. The molecule has 74 valence electrons. The van der Waals surface area contributed by atoms with E-state index in [4.69, 9.17) is 5.73 Å². The van der Waals surface area contributed by atoms with Crippen molar-refractivity contribution in [3.05, 3.63) is 29.6 Å². The third-order valence-corrected chi connectivity index (χ3v) is 3.77. The molecule has 2 heterocycles. The minimum Gasteiger partial charge on any atom is -0.375 e. The topological polar surface area (TPSA) is 51.8 Å². The Labute approximate surface area is 94.2 Å². The standard InChI is InChI=1S/C10H7N3S2/c11-10-13-7(5-14-10)9-12-6-3-1-2-4-8(6)15-9/h1-5H,(H2,11,13). The molecule has 0 saturated heterocycles. The first-order valence-corrected chi connectivity index (χ1v) is 6.09. The Morgan fingerprint density at radius 2 is 2.00 bits per heavy atom. The Kier molecular flexibility index (Phi) is 1.93. The second kappa shape index (κ2) is 3.29. The van der Waals surface area contributed by atoms with Gasteiger partial charge in [-0.3, -0.25) is 0 Å². The lowest BCUT2D eigenvalue weighted by Crippen LogP contribution is -1.81. The number of rotatable bonds is 1. The van der Waals surface area contributed by atoms with Crippen molar-refractivity contribution in [2.75, 3.05) is 5.73 Å². The number of benzene rings is 1. The van der Waals surface area contributed by atoms with Gasteiger partial charge in [-0.15, -0.1) is 22.7 Å². The Bertz CT molecular complexity index is 579. The molecule has 0 radical (unpaired) electrons. The largest absolute Gasteiger partial charge is 0.375 e. The molecule has 3 aromatic rings. The summed E-state index contributed by atoms with van der Waals surface area (Å²) in [7, 11) is 0. The van der Waals surface area contributed by atoms with Crippen LogP contribution in [0.5, 0.6) is 0 Å².